The van der Waals surface area contributed by atoms with E-state index >= 15 is 0 Å². The van der Waals surface area contributed by atoms with Crippen LogP contribution in [-0.2, 0) is 31.9 Å². The van der Waals surface area contributed by atoms with Crippen molar-refractivity contribution >= 4 is 11.0 Å². The van der Waals surface area contributed by atoms with Crippen molar-refractivity contribution in [3.8, 4) is 67.5 Å². The van der Waals surface area contributed by atoms with E-state index in [1.54, 1.807) is 0 Å². The molecule has 0 radical (unpaired) electrons. The van der Waals surface area contributed by atoms with E-state index in [1.807, 2.05) is 123 Å². The van der Waals surface area contributed by atoms with Gasteiger partial charge in [0, 0.05) is 52.4 Å². The fraction of sp³-hybridized carbons (Fsp3) is 0.288. The van der Waals surface area contributed by atoms with E-state index < -0.39 is 67.0 Å². The first-order valence-electron chi connectivity index (χ1n) is 28.4. The van der Waals surface area contributed by atoms with Gasteiger partial charge in [-0.15, -0.1) is 29.3 Å². The third-order valence-corrected chi connectivity index (χ3v) is 11.6. The molecule has 0 unspecified atom stereocenters. The van der Waals surface area contributed by atoms with Crippen molar-refractivity contribution in [3.05, 3.63) is 167 Å². The second kappa shape index (κ2) is 18.1. The normalized spacial score (nSPS) is 16.0. The van der Waals surface area contributed by atoms with Gasteiger partial charge in [-0.1, -0.05) is 179 Å². The van der Waals surface area contributed by atoms with Gasteiger partial charge in [0.05, 0.1) is 22.1 Å². The number of para-hydroxylation sites is 1. The van der Waals surface area contributed by atoms with Crippen molar-refractivity contribution in [2.24, 2.45) is 0 Å². The number of aromatic nitrogens is 3. The molecule has 0 aliphatic rings. The standard InChI is InChI=1S/C59H62N3O.Pt/c1-36(2)42-32-51(38(5)6)56(63)52(33-42)57-61-55-49(19-16-20-54(55)62(57)47-25-26-48(50(35-47)37(3)4)40-17-14-13-15-18-40)43-29-44(31-46(30-43)59(10,11)12)53-34-41(27-28-60-53)39-21-23-45(24-22-39)58(7,8)9;/h13-28,30-38,63H,1-12H3;/q-1;/i7D3,8D3,9D3,21D,22D,23D,24D,37D;. The fourth-order valence-electron chi connectivity index (χ4n) is 8.00. The van der Waals surface area contributed by atoms with E-state index in [9.17, 15) is 6.48 Å². The Kier molecular flexibility index (Phi) is 8.87. The van der Waals surface area contributed by atoms with Crippen LogP contribution in [0.15, 0.2) is 133 Å². The number of hydrogen-bond donors (Lipinski definition) is 1. The summed E-state index contributed by atoms with van der Waals surface area (Å²) in [5.74, 6) is -0.330. The van der Waals surface area contributed by atoms with Crippen molar-refractivity contribution in [3.63, 3.8) is 0 Å². The zero-order valence-electron chi connectivity index (χ0n) is 51.7. The molecule has 64 heavy (non-hydrogen) atoms. The Hall–Kier alpha value is -5.57. The molecule has 8 aromatic rings. The van der Waals surface area contributed by atoms with Crippen LogP contribution in [0, 0.1) is 6.07 Å². The molecule has 2 aromatic heterocycles. The summed E-state index contributed by atoms with van der Waals surface area (Å²) in [5, 5.41) is 12.3. The van der Waals surface area contributed by atoms with E-state index in [0.29, 0.717) is 44.8 Å². The van der Waals surface area contributed by atoms with E-state index in [0.717, 1.165) is 39.1 Å². The van der Waals surface area contributed by atoms with Crippen LogP contribution < -0.4 is 0 Å². The number of imidazole rings is 1. The predicted molar refractivity (Wildman–Crippen MR) is 266 cm³/mol. The summed E-state index contributed by atoms with van der Waals surface area (Å²) in [6, 6.07) is 32.5. The maximum absolute atomic E-state index is 12.3. The van der Waals surface area contributed by atoms with Gasteiger partial charge in [-0.2, -0.15) is 0 Å². The Labute approximate surface area is 415 Å². The average molecular weight is 1040 g/mol. The minimum atomic E-state index is -3.82. The minimum Gasteiger partial charge on any atom is -0.507 e. The van der Waals surface area contributed by atoms with Crippen molar-refractivity contribution in [1.82, 2.24) is 14.5 Å². The number of phenolic OH excluding ortho intramolecular Hbond substituents is 1. The summed E-state index contributed by atoms with van der Waals surface area (Å²) in [6.07, 6.45) is 1.41. The summed E-state index contributed by atoms with van der Waals surface area (Å²) >= 11 is 0. The van der Waals surface area contributed by atoms with Crippen molar-refractivity contribution in [2.75, 3.05) is 0 Å². The molecule has 8 rings (SSSR count). The third kappa shape index (κ3) is 9.18. The SMILES string of the molecule is [2H]c1c([2H])c(C(C([2H])([2H])[2H])(C([2H])([2H])[2H])C([2H])([2H])[2H])c([2H])c([2H])c1-c1ccnc(-c2[c-]c(-c3cccc4c3nc(-c3cc(C(C)C)cc(C(C)C)c3O)n4-c3ccc(-c4ccccc4)c(C([2H])(C)C)c3)cc(C(C)(C)C)c2)c1.[Pt]. The Balaban J connectivity index is 0.00000882. The van der Waals surface area contributed by atoms with Crippen LogP contribution in [0.25, 0.3) is 72.7 Å². The van der Waals surface area contributed by atoms with Crippen LogP contribution in [0.4, 0.5) is 0 Å². The summed E-state index contributed by atoms with van der Waals surface area (Å²) in [5.41, 5.74) is 4.34. The number of hydrogen-bond acceptors (Lipinski definition) is 3. The van der Waals surface area contributed by atoms with Gasteiger partial charge >= 0.3 is 0 Å². The van der Waals surface area contributed by atoms with E-state index in [1.165, 1.54) is 18.3 Å². The number of fused-ring (bicyclic) bond motifs is 1. The van der Waals surface area contributed by atoms with Gasteiger partial charge in [0.2, 0.25) is 0 Å². The van der Waals surface area contributed by atoms with Crippen LogP contribution in [0.3, 0.4) is 0 Å². The summed E-state index contributed by atoms with van der Waals surface area (Å²) in [6.45, 7) is 6.74. The molecule has 330 valence electrons. The molecule has 0 fully saturated rings. The van der Waals surface area contributed by atoms with Crippen LogP contribution in [0.2, 0.25) is 0 Å². The molecular formula is C59H62N3OPt-. The summed E-state index contributed by atoms with van der Waals surface area (Å²) in [7, 11) is 0. The van der Waals surface area contributed by atoms with Crippen LogP contribution in [-0.4, -0.2) is 19.6 Å². The molecule has 4 nitrogen and oxygen atoms in total. The maximum Gasteiger partial charge on any atom is 0.148 e. The third-order valence-electron chi connectivity index (χ3n) is 11.6. The molecule has 0 atom stereocenters. The van der Waals surface area contributed by atoms with Crippen molar-refractivity contribution < 1.29 is 45.4 Å². The van der Waals surface area contributed by atoms with E-state index in [-0.39, 0.29) is 49.8 Å². The molecule has 0 spiro atoms. The first-order valence-corrected chi connectivity index (χ1v) is 21.4. The van der Waals surface area contributed by atoms with Crippen LogP contribution >= 0.6 is 0 Å². The second-order valence-corrected chi connectivity index (χ2v) is 18.2. The summed E-state index contributed by atoms with van der Waals surface area (Å²) < 4.78 is 122. The Morgan fingerprint density at radius 2 is 1.38 bits per heavy atom. The molecule has 5 heteroatoms. The summed E-state index contributed by atoms with van der Waals surface area (Å²) in [4.78, 5) is 10.1. The molecule has 0 saturated carbocycles. The van der Waals surface area contributed by atoms with Gasteiger partial charge in [-0.3, -0.25) is 9.55 Å². The van der Waals surface area contributed by atoms with Gasteiger partial charge in [0.25, 0.3) is 0 Å². The van der Waals surface area contributed by atoms with Gasteiger partial charge < -0.3 is 5.11 Å². The fourth-order valence-corrected chi connectivity index (χ4v) is 8.00. The average Bonchev–Trinajstić information content (AvgIpc) is 3.82. The molecular weight excluding hydrogens is 962 g/mol. The Morgan fingerprint density at radius 1 is 0.656 bits per heavy atom. The molecule has 6 aromatic carbocycles. The first kappa shape index (κ1) is 31.3. The smallest absolute Gasteiger partial charge is 0.148 e. The van der Waals surface area contributed by atoms with Crippen LogP contribution in [0.1, 0.15) is 148 Å². The Morgan fingerprint density at radius 3 is 2.03 bits per heavy atom. The van der Waals surface area contributed by atoms with E-state index in [4.69, 9.17) is 22.8 Å². The number of nitrogens with zero attached hydrogens (tertiary/aromatic N) is 3. The molecule has 0 amide bonds. The predicted octanol–water partition coefficient (Wildman–Crippen LogP) is 16.2. The first-order chi connectivity index (χ1) is 35.6. The monoisotopic (exact) mass is 1040 g/mol. The molecule has 0 aliphatic carbocycles. The Bertz CT molecular complexity index is 3520. The van der Waals surface area contributed by atoms with Crippen molar-refractivity contribution in [2.45, 2.75) is 111 Å². The minimum absolute atomic E-state index is 0. The van der Waals surface area contributed by atoms with Gasteiger partial charge in [-0.05, 0) is 103 Å². The van der Waals surface area contributed by atoms with Crippen molar-refractivity contribution in [1.29, 1.82) is 0 Å². The van der Waals surface area contributed by atoms with Crippen LogP contribution in [0.5, 0.6) is 5.75 Å². The van der Waals surface area contributed by atoms with Gasteiger partial charge in [0.15, 0.2) is 0 Å². The zero-order chi connectivity index (χ0) is 56.9. The number of aromatic hydroxyl groups is 1. The quantitative estimate of drug-likeness (QED) is 0.147. The number of pyridine rings is 1. The largest absolute Gasteiger partial charge is 0.507 e. The van der Waals surface area contributed by atoms with E-state index in [2.05, 4.69) is 45.7 Å². The zero-order valence-corrected chi connectivity index (χ0v) is 39.9. The number of phenols is 1. The van der Waals surface area contributed by atoms with Gasteiger partial charge in [-0.25, -0.2) is 4.98 Å². The molecule has 2 heterocycles. The topological polar surface area (TPSA) is 50.9 Å². The number of benzene rings is 6. The molecule has 1 N–H and O–H groups in total. The molecule has 0 bridgehead atoms. The second-order valence-electron chi connectivity index (χ2n) is 18.2. The molecule has 0 aliphatic heterocycles. The maximum atomic E-state index is 12.3. The van der Waals surface area contributed by atoms with Gasteiger partial charge in [0.1, 0.15) is 11.6 Å². The number of rotatable bonds is 9. The molecule has 0 saturated heterocycles.